The average Bonchev–Trinajstić information content (AvgIpc) is 2.92. The number of urea groups is 1. The summed E-state index contributed by atoms with van der Waals surface area (Å²) in [6.07, 6.45) is 4.70. The molecule has 2 saturated heterocycles. The Morgan fingerprint density at radius 3 is 2.32 bits per heavy atom. The van der Waals surface area contributed by atoms with E-state index in [-0.39, 0.29) is 11.9 Å². The molecule has 2 rings (SSSR count). The summed E-state index contributed by atoms with van der Waals surface area (Å²) in [4.78, 5) is 27.0. The number of carbonyl (C=O) groups is 2. The van der Waals surface area contributed by atoms with Gasteiger partial charge in [-0.15, -0.1) is 11.6 Å². The first-order valence-corrected chi connectivity index (χ1v) is 7.59. The highest BCUT2D eigenvalue weighted by Crippen LogP contribution is 2.20. The van der Waals surface area contributed by atoms with E-state index in [1.165, 1.54) is 25.9 Å². The third-order valence-electron chi connectivity index (χ3n) is 3.98. The van der Waals surface area contributed by atoms with Crippen molar-refractivity contribution in [3.63, 3.8) is 0 Å². The molecule has 0 spiro atoms. The van der Waals surface area contributed by atoms with Crippen molar-refractivity contribution in [3.8, 4) is 0 Å². The maximum atomic E-state index is 11.7. The van der Waals surface area contributed by atoms with Gasteiger partial charge in [0, 0.05) is 19.6 Å². The molecule has 0 aliphatic carbocycles. The molecule has 0 atom stereocenters. The number of imide groups is 1. The van der Waals surface area contributed by atoms with Gasteiger partial charge in [0.05, 0.1) is 0 Å². The predicted molar refractivity (Wildman–Crippen MR) is 74.2 cm³/mol. The Morgan fingerprint density at radius 1 is 1.11 bits per heavy atom. The number of rotatable bonds is 3. The summed E-state index contributed by atoms with van der Waals surface area (Å²) in [7, 11) is 0. The zero-order valence-corrected chi connectivity index (χ0v) is 12.0. The lowest BCUT2D eigenvalue weighted by Gasteiger charge is -2.33. The fraction of sp³-hybridized carbons (Fsp3) is 0.846. The van der Waals surface area contributed by atoms with Gasteiger partial charge in [-0.25, -0.2) is 4.79 Å². The van der Waals surface area contributed by atoms with Crippen LogP contribution in [0.5, 0.6) is 0 Å². The van der Waals surface area contributed by atoms with Crippen molar-refractivity contribution in [3.05, 3.63) is 0 Å². The molecule has 0 saturated carbocycles. The minimum absolute atomic E-state index is 0.169. The molecule has 2 fully saturated rings. The second kappa shape index (κ2) is 7.10. The monoisotopic (exact) mass is 287 g/mol. The number of nitrogens with zero attached hydrogens (tertiary/aromatic N) is 2. The van der Waals surface area contributed by atoms with E-state index in [0.717, 1.165) is 32.5 Å². The van der Waals surface area contributed by atoms with Gasteiger partial charge in [0.15, 0.2) is 0 Å². The first-order valence-electron chi connectivity index (χ1n) is 7.06. The Hall–Kier alpha value is -0.810. The molecule has 1 N–H and O–H groups in total. The van der Waals surface area contributed by atoms with Crippen molar-refractivity contribution < 1.29 is 9.59 Å². The number of piperidine rings is 1. The van der Waals surface area contributed by atoms with E-state index in [4.69, 9.17) is 11.6 Å². The summed E-state index contributed by atoms with van der Waals surface area (Å²) in [5.74, 6) is 0.0914. The van der Waals surface area contributed by atoms with Crippen LogP contribution in [0.4, 0.5) is 4.79 Å². The van der Waals surface area contributed by atoms with Crippen LogP contribution < -0.4 is 5.32 Å². The molecular formula is C13H22ClN3O2. The van der Waals surface area contributed by atoms with E-state index in [0.29, 0.717) is 5.92 Å². The summed E-state index contributed by atoms with van der Waals surface area (Å²) in [6.45, 7) is 5.09. The summed E-state index contributed by atoms with van der Waals surface area (Å²) >= 11 is 5.36. The Bertz CT molecular complexity index is 324. The highest BCUT2D eigenvalue weighted by atomic mass is 35.5. The molecule has 6 heteroatoms. The normalized spacial score (nSPS) is 21.6. The van der Waals surface area contributed by atoms with Crippen LogP contribution in [0.15, 0.2) is 0 Å². The quantitative estimate of drug-likeness (QED) is 0.796. The number of halogens is 1. The maximum Gasteiger partial charge on any atom is 0.324 e. The second-order valence-corrected chi connectivity index (χ2v) is 5.69. The van der Waals surface area contributed by atoms with Crippen molar-refractivity contribution in [2.45, 2.75) is 25.7 Å². The number of carbonyl (C=O) groups excluding carboxylic acids is 2. The summed E-state index contributed by atoms with van der Waals surface area (Å²) in [5.41, 5.74) is 0. The third kappa shape index (κ3) is 4.35. The molecular weight excluding hydrogens is 266 g/mol. The van der Waals surface area contributed by atoms with Crippen LogP contribution in [0, 0.1) is 5.92 Å². The molecule has 0 bridgehead atoms. The molecule has 108 valence electrons. The first-order chi connectivity index (χ1) is 9.19. The fourth-order valence-corrected chi connectivity index (χ4v) is 2.95. The molecule has 0 aromatic carbocycles. The van der Waals surface area contributed by atoms with Crippen LogP contribution in [-0.4, -0.2) is 60.3 Å². The molecule has 3 amide bonds. The third-order valence-corrected chi connectivity index (χ3v) is 4.23. The van der Waals surface area contributed by atoms with E-state index in [1.54, 1.807) is 4.90 Å². The number of alkyl halides is 1. The van der Waals surface area contributed by atoms with Gasteiger partial charge in [-0.1, -0.05) is 0 Å². The Kier molecular flexibility index (Phi) is 5.45. The SMILES string of the molecule is O=C(CCl)NC(=O)N1CCC(CN2CCCC2)CC1. The van der Waals surface area contributed by atoms with Crippen LogP contribution in [-0.2, 0) is 4.79 Å². The number of hydrogen-bond acceptors (Lipinski definition) is 3. The van der Waals surface area contributed by atoms with Crippen LogP contribution in [0.1, 0.15) is 25.7 Å². The number of nitrogens with one attached hydrogen (secondary N) is 1. The summed E-state index contributed by atoms with van der Waals surface area (Å²) < 4.78 is 0. The summed E-state index contributed by atoms with van der Waals surface area (Å²) in [5, 5.41) is 2.29. The standard InChI is InChI=1S/C13H22ClN3O2/c14-9-12(18)15-13(19)17-7-3-11(4-8-17)10-16-5-1-2-6-16/h11H,1-10H2,(H,15,18,19). The summed E-state index contributed by atoms with van der Waals surface area (Å²) in [6, 6.07) is -0.301. The predicted octanol–water partition coefficient (Wildman–Crippen LogP) is 1.27. The Labute approximate surface area is 119 Å². The Morgan fingerprint density at radius 2 is 1.74 bits per heavy atom. The molecule has 19 heavy (non-hydrogen) atoms. The lowest BCUT2D eigenvalue weighted by molar-refractivity contribution is -0.117. The smallest absolute Gasteiger partial charge is 0.324 e. The molecule has 2 aliphatic rings. The minimum atomic E-state index is -0.425. The van der Waals surface area contributed by atoms with Gasteiger partial charge in [-0.05, 0) is 44.7 Å². The molecule has 0 radical (unpaired) electrons. The van der Waals surface area contributed by atoms with Gasteiger partial charge in [0.1, 0.15) is 5.88 Å². The molecule has 0 aromatic rings. The van der Waals surface area contributed by atoms with E-state index >= 15 is 0 Å². The first kappa shape index (κ1) is 14.6. The van der Waals surface area contributed by atoms with E-state index in [9.17, 15) is 9.59 Å². The van der Waals surface area contributed by atoms with Crippen LogP contribution in [0.25, 0.3) is 0 Å². The lowest BCUT2D eigenvalue weighted by Crippen LogP contribution is -2.47. The van der Waals surface area contributed by atoms with Gasteiger partial charge >= 0.3 is 6.03 Å². The second-order valence-electron chi connectivity index (χ2n) is 5.43. The highest BCUT2D eigenvalue weighted by molar-refractivity contribution is 6.28. The molecule has 5 nitrogen and oxygen atoms in total. The van der Waals surface area contributed by atoms with Gasteiger partial charge in [-0.2, -0.15) is 0 Å². The lowest BCUT2D eigenvalue weighted by atomic mass is 9.96. The highest BCUT2D eigenvalue weighted by Gasteiger charge is 2.25. The van der Waals surface area contributed by atoms with Crippen molar-refractivity contribution in [2.75, 3.05) is 38.6 Å². The number of hydrogen-bond donors (Lipinski definition) is 1. The zero-order valence-electron chi connectivity index (χ0n) is 11.2. The van der Waals surface area contributed by atoms with Crippen LogP contribution in [0.3, 0.4) is 0 Å². The fourth-order valence-electron chi connectivity index (χ4n) is 2.88. The van der Waals surface area contributed by atoms with Gasteiger partial charge in [-0.3, -0.25) is 10.1 Å². The van der Waals surface area contributed by atoms with E-state index in [2.05, 4.69) is 10.2 Å². The van der Waals surface area contributed by atoms with Crippen LogP contribution in [0.2, 0.25) is 0 Å². The molecule has 2 heterocycles. The van der Waals surface area contributed by atoms with Crippen molar-refractivity contribution >= 4 is 23.5 Å². The minimum Gasteiger partial charge on any atom is -0.324 e. The Balaban J connectivity index is 1.69. The van der Waals surface area contributed by atoms with Crippen molar-refractivity contribution in [2.24, 2.45) is 5.92 Å². The average molecular weight is 288 g/mol. The van der Waals surface area contributed by atoms with E-state index in [1.807, 2.05) is 0 Å². The largest absolute Gasteiger partial charge is 0.324 e. The van der Waals surface area contributed by atoms with Crippen LogP contribution >= 0.6 is 11.6 Å². The van der Waals surface area contributed by atoms with Crippen molar-refractivity contribution in [1.29, 1.82) is 0 Å². The van der Waals surface area contributed by atoms with E-state index < -0.39 is 5.91 Å². The molecule has 0 aromatic heterocycles. The maximum absolute atomic E-state index is 11.7. The van der Waals surface area contributed by atoms with Crippen molar-refractivity contribution in [1.82, 2.24) is 15.1 Å². The molecule has 2 aliphatic heterocycles. The number of likely N-dealkylation sites (tertiary alicyclic amines) is 2. The molecule has 0 unspecified atom stereocenters. The zero-order chi connectivity index (χ0) is 13.7. The van der Waals surface area contributed by atoms with Gasteiger partial charge in [0.25, 0.3) is 0 Å². The number of amides is 3. The van der Waals surface area contributed by atoms with Gasteiger partial charge < -0.3 is 9.80 Å². The van der Waals surface area contributed by atoms with Gasteiger partial charge in [0.2, 0.25) is 5.91 Å². The topological polar surface area (TPSA) is 52.7 Å².